The van der Waals surface area contributed by atoms with E-state index in [0.717, 1.165) is 44.6 Å². The Labute approximate surface area is 311 Å². The van der Waals surface area contributed by atoms with Crippen molar-refractivity contribution in [2.24, 2.45) is 0 Å². The maximum Gasteiger partial charge on any atom is 0.180 e. The Morgan fingerprint density at radius 3 is 1.76 bits per heavy atom. The van der Waals surface area contributed by atoms with Crippen LogP contribution in [0.1, 0.15) is 0 Å². The van der Waals surface area contributed by atoms with E-state index in [0.29, 0.717) is 11.4 Å². The molecule has 252 valence electrons. The molecule has 0 aliphatic heterocycles. The molecule has 0 N–H and O–H groups in total. The summed E-state index contributed by atoms with van der Waals surface area (Å²) in [7, 11) is 0. The zero-order valence-electron chi connectivity index (χ0n) is 29.1. The molecule has 11 rings (SSSR count). The average molecular weight is 690 g/mol. The van der Waals surface area contributed by atoms with Crippen molar-refractivity contribution in [2.45, 2.75) is 0 Å². The number of hydrogen-bond donors (Lipinski definition) is 0. The van der Waals surface area contributed by atoms with Crippen LogP contribution in [0.5, 0.6) is 0 Å². The molecule has 0 spiro atoms. The van der Waals surface area contributed by atoms with E-state index >= 15 is 0 Å². The van der Waals surface area contributed by atoms with Crippen LogP contribution in [-0.2, 0) is 0 Å². The quantitative estimate of drug-likeness (QED) is 0.181. The fraction of sp³-hybridized carbons (Fsp3) is 0. The summed E-state index contributed by atoms with van der Waals surface area (Å²) in [6.45, 7) is 0. The zero-order valence-corrected chi connectivity index (χ0v) is 29.1. The van der Waals surface area contributed by atoms with Gasteiger partial charge in [-0.1, -0.05) is 133 Å². The normalized spacial score (nSPS) is 11.7. The topological polar surface area (TPSA) is 43.9 Å². The Kier molecular flexibility index (Phi) is 6.82. The fourth-order valence-electron chi connectivity index (χ4n) is 8.15. The number of hydrogen-bond acceptors (Lipinski definition) is 3. The van der Waals surface area contributed by atoms with Crippen LogP contribution in [0.25, 0.3) is 105 Å². The van der Waals surface area contributed by atoms with E-state index in [1.54, 1.807) is 0 Å². The first-order valence-corrected chi connectivity index (χ1v) is 18.2. The minimum Gasteiger partial charge on any atom is -0.452 e. The van der Waals surface area contributed by atoms with Gasteiger partial charge in [-0.05, 0) is 87.6 Å². The molecule has 0 amide bonds. The maximum atomic E-state index is 6.54. The summed E-state index contributed by atoms with van der Waals surface area (Å²) in [5.41, 5.74) is 13.1. The molecule has 0 aliphatic carbocycles. The van der Waals surface area contributed by atoms with E-state index in [1.807, 2.05) is 18.2 Å². The third kappa shape index (κ3) is 4.78. The summed E-state index contributed by atoms with van der Waals surface area (Å²) in [5.74, 6) is 0.653. The summed E-state index contributed by atoms with van der Waals surface area (Å²) in [6.07, 6.45) is 0. The Hall–Kier alpha value is -7.30. The summed E-state index contributed by atoms with van der Waals surface area (Å²) in [4.78, 5) is 10.4. The van der Waals surface area contributed by atoms with Gasteiger partial charge < -0.3 is 8.98 Å². The van der Waals surface area contributed by atoms with Crippen LogP contribution < -0.4 is 0 Å². The van der Waals surface area contributed by atoms with Crippen molar-refractivity contribution in [3.63, 3.8) is 0 Å². The smallest absolute Gasteiger partial charge is 0.180 e. The molecule has 3 aromatic heterocycles. The molecule has 0 fully saturated rings. The monoisotopic (exact) mass is 689 g/mol. The van der Waals surface area contributed by atoms with Crippen molar-refractivity contribution >= 4 is 54.6 Å². The van der Waals surface area contributed by atoms with Gasteiger partial charge in [0.05, 0.1) is 11.0 Å². The van der Waals surface area contributed by atoms with Gasteiger partial charge in [0.1, 0.15) is 16.8 Å². The SMILES string of the molecule is c1ccc(-c2cccc3cccc(-c4cccc(-c5nc(-c6ccc(-n7c8ccccc8c8ccccc87)cc6)nc6c5oc5ccccc56)c4)c23)cc1. The molecule has 0 aliphatic rings. The predicted octanol–water partition coefficient (Wildman–Crippen LogP) is 13.3. The van der Waals surface area contributed by atoms with Crippen molar-refractivity contribution in [2.75, 3.05) is 0 Å². The second-order valence-electron chi connectivity index (χ2n) is 13.7. The van der Waals surface area contributed by atoms with E-state index < -0.39 is 0 Å². The van der Waals surface area contributed by atoms with Crippen LogP contribution in [0, 0.1) is 0 Å². The number of benzene rings is 8. The fourth-order valence-corrected chi connectivity index (χ4v) is 8.15. The first kappa shape index (κ1) is 30.3. The highest BCUT2D eigenvalue weighted by atomic mass is 16.3. The lowest BCUT2D eigenvalue weighted by molar-refractivity contribution is 0.667. The van der Waals surface area contributed by atoms with Gasteiger partial charge in [0.15, 0.2) is 11.4 Å². The molecule has 0 unspecified atom stereocenters. The summed E-state index contributed by atoms with van der Waals surface area (Å²) < 4.78 is 8.87. The third-order valence-electron chi connectivity index (χ3n) is 10.6. The van der Waals surface area contributed by atoms with Crippen molar-refractivity contribution in [3.05, 3.63) is 188 Å². The molecule has 8 aromatic carbocycles. The number of fused-ring (bicyclic) bond motifs is 7. The van der Waals surface area contributed by atoms with Gasteiger partial charge >= 0.3 is 0 Å². The van der Waals surface area contributed by atoms with Gasteiger partial charge in [0.25, 0.3) is 0 Å². The van der Waals surface area contributed by atoms with E-state index in [9.17, 15) is 0 Å². The summed E-state index contributed by atoms with van der Waals surface area (Å²) in [5, 5.41) is 5.88. The van der Waals surface area contributed by atoms with Gasteiger partial charge in [0.2, 0.25) is 0 Å². The summed E-state index contributed by atoms with van der Waals surface area (Å²) in [6, 6.07) is 66.2. The molecule has 0 radical (unpaired) electrons. The molecule has 54 heavy (non-hydrogen) atoms. The Bertz CT molecular complexity index is 3150. The van der Waals surface area contributed by atoms with E-state index in [-0.39, 0.29) is 0 Å². The molecule has 4 heteroatoms. The molecular weight excluding hydrogens is 659 g/mol. The molecular formula is C50H31N3O. The number of furan rings is 1. The number of nitrogens with zero attached hydrogens (tertiary/aromatic N) is 3. The Balaban J connectivity index is 1.08. The highest BCUT2D eigenvalue weighted by Gasteiger charge is 2.20. The molecule has 0 saturated carbocycles. The second-order valence-corrected chi connectivity index (χ2v) is 13.7. The largest absolute Gasteiger partial charge is 0.452 e. The van der Waals surface area contributed by atoms with E-state index in [4.69, 9.17) is 14.4 Å². The van der Waals surface area contributed by atoms with Crippen molar-refractivity contribution in [1.29, 1.82) is 0 Å². The first-order chi connectivity index (χ1) is 26.8. The molecule has 0 atom stereocenters. The highest BCUT2D eigenvalue weighted by Crippen LogP contribution is 2.40. The molecule has 11 aromatic rings. The number of para-hydroxylation sites is 3. The number of rotatable bonds is 5. The van der Waals surface area contributed by atoms with Gasteiger partial charge in [0, 0.05) is 33.0 Å². The van der Waals surface area contributed by atoms with Crippen LogP contribution in [0.2, 0.25) is 0 Å². The van der Waals surface area contributed by atoms with E-state index in [2.05, 4.69) is 174 Å². The van der Waals surface area contributed by atoms with Crippen LogP contribution >= 0.6 is 0 Å². The zero-order chi connectivity index (χ0) is 35.6. The Morgan fingerprint density at radius 1 is 0.426 bits per heavy atom. The third-order valence-corrected chi connectivity index (χ3v) is 10.6. The molecule has 0 saturated heterocycles. The van der Waals surface area contributed by atoms with Gasteiger partial charge in [-0.2, -0.15) is 0 Å². The van der Waals surface area contributed by atoms with Crippen LogP contribution in [0.15, 0.2) is 192 Å². The van der Waals surface area contributed by atoms with Gasteiger partial charge in [-0.15, -0.1) is 0 Å². The van der Waals surface area contributed by atoms with Crippen LogP contribution in [-0.4, -0.2) is 14.5 Å². The lowest BCUT2D eigenvalue weighted by Crippen LogP contribution is -1.96. The molecule has 0 bridgehead atoms. The van der Waals surface area contributed by atoms with Crippen LogP contribution in [0.4, 0.5) is 0 Å². The highest BCUT2D eigenvalue weighted by molar-refractivity contribution is 6.10. The van der Waals surface area contributed by atoms with Crippen molar-refractivity contribution < 1.29 is 4.42 Å². The molecule has 3 heterocycles. The maximum absolute atomic E-state index is 6.54. The molecule has 4 nitrogen and oxygen atoms in total. The number of aromatic nitrogens is 3. The minimum absolute atomic E-state index is 0.653. The standard InChI is InChI=1S/C50H31N3O/c1-2-13-32(14-3-1)38-22-11-15-33-16-12-23-39(46(33)38)35-17-10-18-36(31-35)47-49-48(42-21-6-9-26-45(42)54-49)52-50(51-47)34-27-29-37(30-28-34)53-43-24-7-4-19-40(43)41-20-5-8-25-44(41)53/h1-31H. The van der Waals surface area contributed by atoms with E-state index in [1.165, 1.54) is 49.3 Å². The average Bonchev–Trinajstić information content (AvgIpc) is 3.79. The van der Waals surface area contributed by atoms with Crippen molar-refractivity contribution in [3.8, 4) is 50.6 Å². The van der Waals surface area contributed by atoms with Gasteiger partial charge in [-0.3, -0.25) is 0 Å². The first-order valence-electron chi connectivity index (χ1n) is 18.2. The second kappa shape index (κ2) is 12.1. The van der Waals surface area contributed by atoms with Crippen molar-refractivity contribution in [1.82, 2.24) is 14.5 Å². The lowest BCUT2D eigenvalue weighted by atomic mass is 9.91. The minimum atomic E-state index is 0.653. The predicted molar refractivity (Wildman–Crippen MR) is 223 cm³/mol. The Morgan fingerprint density at radius 2 is 1.02 bits per heavy atom. The summed E-state index contributed by atoms with van der Waals surface area (Å²) >= 11 is 0. The lowest BCUT2D eigenvalue weighted by Gasteiger charge is -2.14. The van der Waals surface area contributed by atoms with Gasteiger partial charge in [-0.25, -0.2) is 9.97 Å². The van der Waals surface area contributed by atoms with Crippen LogP contribution in [0.3, 0.4) is 0 Å².